The van der Waals surface area contributed by atoms with Crippen LogP contribution in [0, 0.1) is 11.3 Å². The minimum Gasteiger partial charge on any atom is -0.489 e. The zero-order valence-electron chi connectivity index (χ0n) is 20.0. The van der Waals surface area contributed by atoms with E-state index < -0.39 is 0 Å². The minimum absolute atomic E-state index is 0.0756. The van der Waals surface area contributed by atoms with Gasteiger partial charge in [-0.2, -0.15) is 5.26 Å². The molecular weight excluding hydrogens is 454 g/mol. The van der Waals surface area contributed by atoms with Gasteiger partial charge in [0.1, 0.15) is 29.2 Å². The molecule has 0 aliphatic carbocycles. The van der Waals surface area contributed by atoms with Crippen molar-refractivity contribution in [2.24, 2.45) is 0 Å². The maximum atomic E-state index is 9.80. The average molecular weight is 482 g/mol. The molecule has 2 aromatic heterocycles. The van der Waals surface area contributed by atoms with Crippen molar-refractivity contribution in [1.82, 2.24) is 4.98 Å². The second-order valence-corrected chi connectivity index (χ2v) is 9.08. The highest BCUT2D eigenvalue weighted by atomic mass is 16.5. The summed E-state index contributed by atoms with van der Waals surface area (Å²) in [5.41, 5.74) is 5.95. The van der Waals surface area contributed by atoms with Gasteiger partial charge in [-0.05, 0) is 48.0 Å². The molecule has 4 aromatic rings. The molecule has 0 atom stereocenters. The zero-order valence-corrected chi connectivity index (χ0v) is 20.0. The summed E-state index contributed by atoms with van der Waals surface area (Å²) in [6, 6.07) is 20.3. The van der Waals surface area contributed by atoms with Gasteiger partial charge in [0.15, 0.2) is 5.58 Å². The SMILES string of the molecule is N#Cc1cc(-c2ccnc3cc(-c4ccc(N5CCOCC5)cc4)oc23)ccc1OC1CCOCC1. The molecule has 2 fully saturated rings. The van der Waals surface area contributed by atoms with Crippen LogP contribution >= 0.6 is 0 Å². The summed E-state index contributed by atoms with van der Waals surface area (Å²) in [5.74, 6) is 1.37. The molecule has 36 heavy (non-hydrogen) atoms. The van der Waals surface area contributed by atoms with E-state index in [1.807, 2.05) is 30.3 Å². The number of fused-ring (bicyclic) bond motifs is 1. The number of morpholine rings is 1. The molecule has 0 radical (unpaired) electrons. The van der Waals surface area contributed by atoms with E-state index in [-0.39, 0.29) is 6.10 Å². The molecule has 6 rings (SSSR count). The molecule has 2 saturated heterocycles. The van der Waals surface area contributed by atoms with Gasteiger partial charge in [0.25, 0.3) is 0 Å². The lowest BCUT2D eigenvalue weighted by Gasteiger charge is -2.28. The van der Waals surface area contributed by atoms with Crippen molar-refractivity contribution in [3.8, 4) is 34.3 Å². The van der Waals surface area contributed by atoms with Crippen molar-refractivity contribution in [3.05, 3.63) is 66.4 Å². The number of nitrogens with zero attached hydrogens (tertiary/aromatic N) is 3. The molecule has 0 unspecified atom stereocenters. The third-order valence-electron chi connectivity index (χ3n) is 6.81. The molecule has 0 saturated carbocycles. The Balaban J connectivity index is 1.29. The molecular formula is C29H27N3O4. The topological polar surface area (TPSA) is 80.8 Å². The monoisotopic (exact) mass is 481 g/mol. The highest BCUT2D eigenvalue weighted by Gasteiger charge is 2.19. The Hall–Kier alpha value is -3.86. The smallest absolute Gasteiger partial charge is 0.161 e. The van der Waals surface area contributed by atoms with Gasteiger partial charge in [0.2, 0.25) is 0 Å². The Morgan fingerprint density at radius 2 is 1.64 bits per heavy atom. The number of anilines is 1. The van der Waals surface area contributed by atoms with E-state index in [0.717, 1.165) is 67.1 Å². The average Bonchev–Trinajstić information content (AvgIpc) is 3.39. The number of furan rings is 1. The first-order valence-electron chi connectivity index (χ1n) is 12.4. The zero-order chi connectivity index (χ0) is 24.3. The highest BCUT2D eigenvalue weighted by Crippen LogP contribution is 2.36. The fraction of sp³-hybridized carbons (Fsp3) is 0.310. The van der Waals surface area contributed by atoms with Crippen molar-refractivity contribution in [3.63, 3.8) is 0 Å². The van der Waals surface area contributed by atoms with Crippen molar-refractivity contribution < 1.29 is 18.6 Å². The van der Waals surface area contributed by atoms with E-state index in [1.165, 1.54) is 5.69 Å². The molecule has 0 N–H and O–H groups in total. The second kappa shape index (κ2) is 10.0. The van der Waals surface area contributed by atoms with E-state index in [2.05, 4.69) is 40.2 Å². The summed E-state index contributed by atoms with van der Waals surface area (Å²) in [6.45, 7) is 4.71. The Bertz CT molecular complexity index is 1390. The van der Waals surface area contributed by atoms with E-state index in [1.54, 1.807) is 6.20 Å². The van der Waals surface area contributed by atoms with Gasteiger partial charge in [-0.25, -0.2) is 0 Å². The molecule has 0 spiro atoms. The fourth-order valence-electron chi connectivity index (χ4n) is 4.83. The lowest BCUT2D eigenvalue weighted by molar-refractivity contribution is 0.0254. The van der Waals surface area contributed by atoms with E-state index >= 15 is 0 Å². The molecule has 7 nitrogen and oxygen atoms in total. The van der Waals surface area contributed by atoms with Crippen molar-refractivity contribution in [2.45, 2.75) is 18.9 Å². The summed E-state index contributed by atoms with van der Waals surface area (Å²) < 4.78 is 23.3. The molecule has 0 bridgehead atoms. The highest BCUT2D eigenvalue weighted by molar-refractivity contribution is 5.92. The molecule has 2 aliphatic rings. The van der Waals surface area contributed by atoms with Gasteiger partial charge < -0.3 is 23.5 Å². The summed E-state index contributed by atoms with van der Waals surface area (Å²) in [7, 11) is 0. The minimum atomic E-state index is 0.0756. The summed E-state index contributed by atoms with van der Waals surface area (Å²) >= 11 is 0. The third kappa shape index (κ3) is 4.53. The van der Waals surface area contributed by atoms with Crippen LogP contribution in [0.15, 0.2) is 65.2 Å². The van der Waals surface area contributed by atoms with E-state index in [0.29, 0.717) is 30.1 Å². The number of hydrogen-bond acceptors (Lipinski definition) is 7. The predicted octanol–water partition coefficient (Wildman–Crippen LogP) is 5.43. The van der Waals surface area contributed by atoms with Crippen LogP contribution in [-0.4, -0.2) is 50.6 Å². The quantitative estimate of drug-likeness (QED) is 0.376. The van der Waals surface area contributed by atoms with Gasteiger partial charge >= 0.3 is 0 Å². The van der Waals surface area contributed by atoms with Crippen LogP contribution in [0.25, 0.3) is 33.6 Å². The van der Waals surface area contributed by atoms with Gasteiger partial charge in [-0.1, -0.05) is 6.07 Å². The molecule has 2 aliphatic heterocycles. The first kappa shape index (κ1) is 22.6. The molecule has 182 valence electrons. The maximum Gasteiger partial charge on any atom is 0.161 e. The lowest BCUT2D eigenvalue weighted by atomic mass is 10.0. The Morgan fingerprint density at radius 1 is 0.889 bits per heavy atom. The normalized spacial score (nSPS) is 16.7. The van der Waals surface area contributed by atoms with Crippen LogP contribution < -0.4 is 9.64 Å². The van der Waals surface area contributed by atoms with Crippen molar-refractivity contribution in [2.75, 3.05) is 44.4 Å². The van der Waals surface area contributed by atoms with Crippen LogP contribution in [0.4, 0.5) is 5.69 Å². The first-order chi connectivity index (χ1) is 17.8. The van der Waals surface area contributed by atoms with Crippen LogP contribution in [0.2, 0.25) is 0 Å². The fourth-order valence-corrected chi connectivity index (χ4v) is 4.83. The molecule has 4 heterocycles. The number of nitriles is 1. The van der Waals surface area contributed by atoms with Crippen LogP contribution in [0.3, 0.4) is 0 Å². The van der Waals surface area contributed by atoms with Crippen molar-refractivity contribution in [1.29, 1.82) is 5.26 Å². The molecule has 7 heteroatoms. The largest absolute Gasteiger partial charge is 0.489 e. The number of aromatic nitrogens is 1. The number of pyridine rings is 1. The number of benzene rings is 2. The van der Waals surface area contributed by atoms with Crippen LogP contribution in [0.1, 0.15) is 18.4 Å². The molecule has 0 amide bonds. The van der Waals surface area contributed by atoms with Crippen LogP contribution in [-0.2, 0) is 9.47 Å². The Labute approximate surface area is 209 Å². The Kier molecular flexibility index (Phi) is 6.29. The molecule has 2 aromatic carbocycles. The van der Waals surface area contributed by atoms with Gasteiger partial charge in [-0.3, -0.25) is 4.98 Å². The predicted molar refractivity (Wildman–Crippen MR) is 137 cm³/mol. The number of ether oxygens (including phenoxy) is 3. The van der Waals surface area contributed by atoms with Crippen molar-refractivity contribution >= 4 is 16.8 Å². The summed E-state index contributed by atoms with van der Waals surface area (Å²) in [5, 5.41) is 9.80. The van der Waals surface area contributed by atoms with Gasteiger partial charge in [-0.15, -0.1) is 0 Å². The van der Waals surface area contributed by atoms with Gasteiger partial charge in [0, 0.05) is 55.0 Å². The maximum absolute atomic E-state index is 9.80. The third-order valence-corrected chi connectivity index (χ3v) is 6.81. The second-order valence-electron chi connectivity index (χ2n) is 9.08. The summed E-state index contributed by atoms with van der Waals surface area (Å²) in [6.07, 6.45) is 3.52. The first-order valence-corrected chi connectivity index (χ1v) is 12.4. The summed E-state index contributed by atoms with van der Waals surface area (Å²) in [4.78, 5) is 6.85. The van der Waals surface area contributed by atoms with E-state index in [4.69, 9.17) is 18.6 Å². The van der Waals surface area contributed by atoms with E-state index in [9.17, 15) is 5.26 Å². The number of rotatable bonds is 5. The standard InChI is InChI=1S/C29H27N3O4/c30-19-22-17-21(3-6-27(22)35-24-8-13-33-14-9-24)25-7-10-31-26-18-28(36-29(25)26)20-1-4-23(5-2-20)32-11-15-34-16-12-32/h1-7,10,17-18,24H,8-9,11-16H2. The Morgan fingerprint density at radius 3 is 2.42 bits per heavy atom. The lowest BCUT2D eigenvalue weighted by Crippen LogP contribution is -2.36. The van der Waals surface area contributed by atoms with Crippen LogP contribution in [0.5, 0.6) is 5.75 Å². The van der Waals surface area contributed by atoms with Gasteiger partial charge in [0.05, 0.1) is 32.0 Å². The number of hydrogen-bond donors (Lipinski definition) is 0.